The first-order chi connectivity index (χ1) is 16.4. The van der Waals surface area contributed by atoms with Crippen LogP contribution in [0.25, 0.3) is 0 Å². The van der Waals surface area contributed by atoms with E-state index in [1.165, 1.54) is 0 Å². The van der Waals surface area contributed by atoms with Gasteiger partial charge in [-0.15, -0.1) is 0 Å². The molecule has 178 valence electrons. The van der Waals surface area contributed by atoms with Crippen LogP contribution in [0.15, 0.2) is 36.4 Å². The smallest absolute Gasteiger partial charge is 0.253 e. The number of halogens is 1. The van der Waals surface area contributed by atoms with Crippen LogP contribution in [0.2, 0.25) is 5.02 Å². The summed E-state index contributed by atoms with van der Waals surface area (Å²) in [5.41, 5.74) is 3.62. The predicted molar refractivity (Wildman–Crippen MR) is 134 cm³/mol. The van der Waals surface area contributed by atoms with Crippen molar-refractivity contribution in [1.82, 2.24) is 4.90 Å². The lowest BCUT2D eigenvalue weighted by Crippen LogP contribution is -2.56. The number of rotatable bonds is 4. The fraction of sp³-hybridized carbons (Fsp3) is 0.423. The van der Waals surface area contributed by atoms with E-state index in [2.05, 4.69) is 10.2 Å². The Labute approximate surface area is 204 Å². The molecule has 2 saturated heterocycles. The van der Waals surface area contributed by atoms with Gasteiger partial charge in [0.25, 0.3) is 5.91 Å². The number of aryl methyl sites for hydroxylation is 1. The predicted octanol–water partition coefficient (Wildman–Crippen LogP) is 4.23. The van der Waals surface area contributed by atoms with E-state index in [9.17, 15) is 14.4 Å². The summed E-state index contributed by atoms with van der Waals surface area (Å²) in [5, 5.41) is 3.51. The highest BCUT2D eigenvalue weighted by Crippen LogP contribution is 2.40. The molecule has 0 saturated carbocycles. The second-order valence-electron chi connectivity index (χ2n) is 9.34. The molecule has 3 aliphatic heterocycles. The minimum atomic E-state index is -0.287. The molecule has 5 rings (SSSR count). The van der Waals surface area contributed by atoms with Gasteiger partial charge in [0.05, 0.1) is 11.4 Å². The van der Waals surface area contributed by atoms with Crippen molar-refractivity contribution in [1.29, 1.82) is 0 Å². The van der Waals surface area contributed by atoms with Gasteiger partial charge < -0.3 is 15.1 Å². The third-order valence-corrected chi connectivity index (χ3v) is 7.27. The Bertz CT molecular complexity index is 1140. The summed E-state index contributed by atoms with van der Waals surface area (Å²) >= 11 is 6.04. The highest BCUT2D eigenvalue weighted by Gasteiger charge is 2.40. The van der Waals surface area contributed by atoms with Gasteiger partial charge in [0.1, 0.15) is 12.6 Å². The molecule has 0 spiro atoms. The van der Waals surface area contributed by atoms with Crippen LogP contribution in [0.4, 0.5) is 17.1 Å². The molecule has 34 heavy (non-hydrogen) atoms. The minimum Gasteiger partial charge on any atom is -0.358 e. The molecular weight excluding hydrogens is 452 g/mol. The summed E-state index contributed by atoms with van der Waals surface area (Å²) in [5.74, 6) is -0.388. The van der Waals surface area contributed by atoms with Crippen molar-refractivity contribution in [2.75, 3.05) is 41.3 Å². The molecule has 1 N–H and O–H groups in total. The Morgan fingerprint density at radius 2 is 1.76 bits per heavy atom. The van der Waals surface area contributed by atoms with Crippen LogP contribution in [0.1, 0.15) is 48.0 Å². The summed E-state index contributed by atoms with van der Waals surface area (Å²) in [6.07, 6.45) is 4.80. The van der Waals surface area contributed by atoms with Gasteiger partial charge in [0.15, 0.2) is 0 Å². The second-order valence-corrected chi connectivity index (χ2v) is 9.78. The monoisotopic (exact) mass is 480 g/mol. The lowest BCUT2D eigenvalue weighted by atomic mass is 9.95. The number of likely N-dealkylation sites (tertiary alicyclic amines) is 1. The molecular formula is C26H29ClN4O3. The van der Waals surface area contributed by atoms with Crippen molar-refractivity contribution >= 4 is 46.4 Å². The molecule has 2 aromatic rings. The van der Waals surface area contributed by atoms with Crippen molar-refractivity contribution in [2.24, 2.45) is 0 Å². The van der Waals surface area contributed by atoms with E-state index in [1.807, 2.05) is 24.0 Å². The first-order valence-corrected chi connectivity index (χ1v) is 12.4. The average molecular weight is 481 g/mol. The zero-order valence-electron chi connectivity index (χ0n) is 19.3. The van der Waals surface area contributed by atoms with Gasteiger partial charge in [-0.05, 0) is 81.0 Å². The van der Waals surface area contributed by atoms with Crippen LogP contribution < -0.4 is 15.1 Å². The quantitative estimate of drug-likeness (QED) is 0.710. The number of nitrogens with one attached hydrogen (secondary N) is 1. The highest BCUT2D eigenvalue weighted by atomic mass is 35.5. The van der Waals surface area contributed by atoms with Gasteiger partial charge in [0, 0.05) is 35.9 Å². The molecule has 0 aliphatic carbocycles. The number of piperidine rings is 1. The van der Waals surface area contributed by atoms with Gasteiger partial charge in [-0.1, -0.05) is 11.6 Å². The lowest BCUT2D eigenvalue weighted by Gasteiger charge is -2.45. The molecule has 7 nitrogen and oxygen atoms in total. The van der Waals surface area contributed by atoms with Gasteiger partial charge in [0.2, 0.25) is 11.8 Å². The maximum absolute atomic E-state index is 13.6. The van der Waals surface area contributed by atoms with Crippen molar-refractivity contribution in [3.8, 4) is 0 Å². The summed E-state index contributed by atoms with van der Waals surface area (Å²) in [6, 6.07) is 10.6. The summed E-state index contributed by atoms with van der Waals surface area (Å²) in [6.45, 7) is 4.08. The minimum absolute atomic E-state index is 0.0188. The van der Waals surface area contributed by atoms with Gasteiger partial charge in [-0.3, -0.25) is 19.3 Å². The van der Waals surface area contributed by atoms with Crippen LogP contribution >= 0.6 is 11.6 Å². The molecule has 0 aromatic heterocycles. The number of anilines is 3. The first-order valence-electron chi connectivity index (χ1n) is 12.0. The molecule has 0 unspecified atom stereocenters. The van der Waals surface area contributed by atoms with Crippen molar-refractivity contribution in [2.45, 2.75) is 45.1 Å². The van der Waals surface area contributed by atoms with E-state index >= 15 is 0 Å². The van der Waals surface area contributed by atoms with Crippen molar-refractivity contribution < 1.29 is 14.4 Å². The highest BCUT2D eigenvalue weighted by molar-refractivity contribution is 6.30. The normalized spacial score (nSPS) is 19.6. The first kappa shape index (κ1) is 22.7. The molecule has 2 aromatic carbocycles. The number of benzene rings is 2. The van der Waals surface area contributed by atoms with Crippen LogP contribution in [-0.2, 0) is 9.59 Å². The summed E-state index contributed by atoms with van der Waals surface area (Å²) in [7, 11) is 0. The number of carbonyl (C=O) groups is 3. The number of carbonyl (C=O) groups excluding carboxylic acids is 3. The third kappa shape index (κ3) is 4.25. The maximum atomic E-state index is 13.6. The summed E-state index contributed by atoms with van der Waals surface area (Å²) < 4.78 is 0. The molecule has 0 radical (unpaired) electrons. The number of hydrogen-bond donors (Lipinski definition) is 1. The summed E-state index contributed by atoms with van der Waals surface area (Å²) in [4.78, 5) is 45.2. The van der Waals surface area contributed by atoms with Crippen molar-refractivity contribution in [3.05, 3.63) is 52.5 Å². The maximum Gasteiger partial charge on any atom is 0.253 e. The lowest BCUT2D eigenvalue weighted by molar-refractivity contribution is -0.123. The number of amides is 3. The standard InChI is InChI=1S/C26H29ClN4O3/c1-17-14-19(27)8-9-20(17)28-24(32)16-31-23-15-18(25(33)29-11-4-5-12-29)7-10-21(23)30-13-3-2-6-22(30)26(31)34/h7-10,14-15,22H,2-6,11-13,16H2,1H3,(H,28,32)/t22-/m1/s1. The van der Waals surface area contributed by atoms with Crippen LogP contribution in [0, 0.1) is 6.92 Å². The van der Waals surface area contributed by atoms with Crippen LogP contribution in [-0.4, -0.2) is 54.8 Å². The Morgan fingerprint density at radius 3 is 2.53 bits per heavy atom. The van der Waals surface area contributed by atoms with E-state index in [4.69, 9.17) is 11.6 Å². The number of hydrogen-bond acceptors (Lipinski definition) is 4. The van der Waals surface area contributed by atoms with Gasteiger partial charge in [-0.2, -0.15) is 0 Å². The number of nitrogens with zero attached hydrogens (tertiary/aromatic N) is 3. The molecule has 3 heterocycles. The Hall–Kier alpha value is -3.06. The van der Waals surface area contributed by atoms with Crippen LogP contribution in [0.3, 0.4) is 0 Å². The second kappa shape index (κ2) is 9.29. The molecule has 8 heteroatoms. The molecule has 3 aliphatic rings. The Balaban J connectivity index is 1.45. The Morgan fingerprint density at radius 1 is 1.00 bits per heavy atom. The van der Waals surface area contributed by atoms with E-state index in [0.29, 0.717) is 22.0 Å². The average Bonchev–Trinajstić information content (AvgIpc) is 3.38. The van der Waals surface area contributed by atoms with E-state index < -0.39 is 0 Å². The van der Waals surface area contributed by atoms with E-state index in [1.54, 1.807) is 29.2 Å². The molecule has 2 fully saturated rings. The van der Waals surface area contributed by atoms with E-state index in [0.717, 1.165) is 63.0 Å². The fourth-order valence-corrected chi connectivity index (χ4v) is 5.48. The Kier molecular flexibility index (Phi) is 6.21. The van der Waals surface area contributed by atoms with Crippen molar-refractivity contribution in [3.63, 3.8) is 0 Å². The molecule has 3 amide bonds. The fourth-order valence-electron chi connectivity index (χ4n) is 5.26. The third-order valence-electron chi connectivity index (χ3n) is 7.03. The van der Waals surface area contributed by atoms with Crippen LogP contribution in [0.5, 0.6) is 0 Å². The molecule has 0 bridgehead atoms. The zero-order valence-corrected chi connectivity index (χ0v) is 20.1. The topological polar surface area (TPSA) is 73.0 Å². The zero-order chi connectivity index (χ0) is 23.8. The molecule has 1 atom stereocenters. The largest absolute Gasteiger partial charge is 0.358 e. The van der Waals surface area contributed by atoms with Gasteiger partial charge in [-0.25, -0.2) is 0 Å². The SMILES string of the molecule is Cc1cc(Cl)ccc1NC(=O)CN1C(=O)[C@H]2CCCCN2c2ccc(C(=O)N3CCCC3)cc21. The van der Waals surface area contributed by atoms with E-state index in [-0.39, 0.29) is 30.3 Å². The number of fused-ring (bicyclic) bond motifs is 3. The van der Waals surface area contributed by atoms with Gasteiger partial charge >= 0.3 is 0 Å².